The standard InChI is InChI=1S/C20H32N3O8P/c1-4-30-17(25)20(7-8-20)9-12-29-11-6-14(15(28-3)13-31-32-27)19(2,21)23-10-5-16(24)22-18(23)26/h5,10,14-15H,4,6-9,11-13,21H2,1-3H3,(H,22,24,26)/t14-,15-,19+/m1/s1. The van der Waals surface area contributed by atoms with Crippen molar-refractivity contribution < 1.29 is 28.1 Å². The van der Waals surface area contributed by atoms with E-state index < -0.39 is 43.0 Å². The molecule has 3 N–H and O–H groups in total. The highest BCUT2D eigenvalue weighted by atomic mass is 31.1. The molecule has 1 saturated carbocycles. The summed E-state index contributed by atoms with van der Waals surface area (Å²) in [6, 6.07) is 1.21. The molecule has 32 heavy (non-hydrogen) atoms. The first-order valence-corrected chi connectivity index (χ1v) is 11.3. The Balaban J connectivity index is 2.07. The lowest BCUT2D eigenvalue weighted by Gasteiger charge is -2.39. The van der Waals surface area contributed by atoms with Crippen LogP contribution < -0.4 is 17.0 Å². The minimum Gasteiger partial charge on any atom is -0.466 e. The van der Waals surface area contributed by atoms with Gasteiger partial charge < -0.3 is 19.9 Å². The Morgan fingerprint density at radius 1 is 1.38 bits per heavy atom. The number of ether oxygens (including phenoxy) is 3. The van der Waals surface area contributed by atoms with Crippen LogP contribution in [0.1, 0.15) is 39.5 Å². The lowest BCUT2D eigenvalue weighted by molar-refractivity contribution is -0.150. The number of aromatic nitrogens is 2. The molecule has 0 aliphatic heterocycles. The number of carbonyl (C=O) groups is 1. The molecule has 180 valence electrons. The number of rotatable bonds is 15. The van der Waals surface area contributed by atoms with Gasteiger partial charge >= 0.3 is 20.3 Å². The Kier molecular flexibility index (Phi) is 9.72. The quantitative estimate of drug-likeness (QED) is 0.217. The van der Waals surface area contributed by atoms with E-state index in [1.165, 1.54) is 23.9 Å². The average Bonchev–Trinajstić information content (AvgIpc) is 3.53. The molecule has 11 nitrogen and oxygen atoms in total. The predicted molar refractivity (Wildman–Crippen MR) is 115 cm³/mol. The van der Waals surface area contributed by atoms with E-state index in [1.54, 1.807) is 13.8 Å². The molecule has 1 aromatic heterocycles. The number of aromatic amines is 1. The molecular weight excluding hydrogens is 441 g/mol. The Bertz CT molecular complexity index is 880. The third-order valence-corrected chi connectivity index (χ3v) is 6.25. The first-order valence-electron chi connectivity index (χ1n) is 10.6. The van der Waals surface area contributed by atoms with Gasteiger partial charge in [-0.1, -0.05) is 0 Å². The zero-order chi connectivity index (χ0) is 23.8. The third-order valence-electron chi connectivity index (χ3n) is 6.00. The minimum absolute atomic E-state index is 0.0247. The Morgan fingerprint density at radius 2 is 2.09 bits per heavy atom. The van der Waals surface area contributed by atoms with E-state index in [0.717, 1.165) is 12.8 Å². The van der Waals surface area contributed by atoms with Crippen molar-refractivity contribution in [2.24, 2.45) is 17.1 Å². The summed E-state index contributed by atoms with van der Waals surface area (Å²) >= 11 is 0. The third kappa shape index (κ3) is 6.55. The summed E-state index contributed by atoms with van der Waals surface area (Å²) < 4.78 is 33.4. The van der Waals surface area contributed by atoms with Crippen molar-refractivity contribution in [3.63, 3.8) is 0 Å². The van der Waals surface area contributed by atoms with Crippen LogP contribution in [-0.2, 0) is 33.8 Å². The zero-order valence-corrected chi connectivity index (χ0v) is 19.6. The second-order valence-electron chi connectivity index (χ2n) is 8.11. The van der Waals surface area contributed by atoms with Crippen LogP contribution in [0.25, 0.3) is 0 Å². The zero-order valence-electron chi connectivity index (χ0n) is 18.7. The van der Waals surface area contributed by atoms with Crippen LogP contribution in [0.5, 0.6) is 0 Å². The maximum Gasteiger partial charge on any atom is 0.329 e. The first-order chi connectivity index (χ1) is 15.2. The number of nitrogens with two attached hydrogens (primary N) is 1. The summed E-state index contributed by atoms with van der Waals surface area (Å²) in [7, 11) is 0.959. The van der Waals surface area contributed by atoms with Crippen molar-refractivity contribution in [2.45, 2.75) is 51.3 Å². The van der Waals surface area contributed by atoms with Gasteiger partial charge in [0.2, 0.25) is 0 Å². The van der Waals surface area contributed by atoms with E-state index >= 15 is 0 Å². The number of hydrogen-bond donors (Lipinski definition) is 2. The fraction of sp³-hybridized carbons (Fsp3) is 0.750. The van der Waals surface area contributed by atoms with Gasteiger partial charge in [-0.15, -0.1) is 0 Å². The number of H-pyrrole nitrogens is 1. The lowest BCUT2D eigenvalue weighted by Crippen LogP contribution is -2.57. The highest BCUT2D eigenvalue weighted by molar-refractivity contribution is 7.17. The number of hydrogen-bond acceptors (Lipinski definition) is 9. The minimum atomic E-state index is -1.28. The number of carbonyl (C=O) groups excluding carboxylic acids is 1. The lowest BCUT2D eigenvalue weighted by atomic mass is 9.86. The molecule has 0 saturated heterocycles. The molecule has 2 rings (SSSR count). The van der Waals surface area contributed by atoms with Crippen LogP contribution in [0.3, 0.4) is 0 Å². The largest absolute Gasteiger partial charge is 0.466 e. The van der Waals surface area contributed by atoms with E-state index in [4.69, 9.17) is 24.5 Å². The maximum atomic E-state index is 12.4. The van der Waals surface area contributed by atoms with Crippen molar-refractivity contribution in [3.8, 4) is 0 Å². The van der Waals surface area contributed by atoms with Crippen molar-refractivity contribution >= 4 is 14.7 Å². The molecular formula is C20H32N3O8P. The highest BCUT2D eigenvalue weighted by Gasteiger charge is 2.50. The van der Waals surface area contributed by atoms with Gasteiger partial charge in [0.15, 0.2) is 0 Å². The fourth-order valence-corrected chi connectivity index (χ4v) is 4.06. The summed E-state index contributed by atoms with van der Waals surface area (Å²) in [6.07, 6.45) is 3.26. The molecule has 0 amide bonds. The van der Waals surface area contributed by atoms with Gasteiger partial charge in [0.25, 0.3) is 5.56 Å². The van der Waals surface area contributed by atoms with Crippen LogP contribution in [0.15, 0.2) is 21.9 Å². The molecule has 0 bridgehead atoms. The summed E-state index contributed by atoms with van der Waals surface area (Å²) in [5.41, 5.74) is 3.65. The van der Waals surface area contributed by atoms with Gasteiger partial charge in [0.1, 0.15) is 0 Å². The molecule has 1 heterocycles. The van der Waals surface area contributed by atoms with Crippen molar-refractivity contribution in [1.29, 1.82) is 0 Å². The van der Waals surface area contributed by atoms with Gasteiger partial charge in [0, 0.05) is 38.5 Å². The van der Waals surface area contributed by atoms with Crippen LogP contribution >= 0.6 is 8.69 Å². The molecule has 1 aliphatic carbocycles. The van der Waals surface area contributed by atoms with E-state index in [1.807, 2.05) is 0 Å². The summed E-state index contributed by atoms with van der Waals surface area (Å²) in [4.78, 5) is 38.1. The number of esters is 1. The van der Waals surface area contributed by atoms with Crippen LogP contribution in [-0.4, -0.2) is 55.2 Å². The second kappa shape index (κ2) is 11.8. The molecule has 0 spiro atoms. The summed E-state index contributed by atoms with van der Waals surface area (Å²) in [5, 5.41) is 0. The Hall–Kier alpha value is -1.91. The number of nitrogens with zero attached hydrogens (tertiary/aromatic N) is 1. The highest BCUT2D eigenvalue weighted by Crippen LogP contribution is 2.49. The van der Waals surface area contributed by atoms with E-state index in [0.29, 0.717) is 26.1 Å². The molecule has 0 unspecified atom stereocenters. The number of nitrogens with one attached hydrogen (secondary N) is 1. The monoisotopic (exact) mass is 473 g/mol. The average molecular weight is 473 g/mol. The molecule has 12 heteroatoms. The normalized spacial score (nSPS) is 18.6. The van der Waals surface area contributed by atoms with E-state index in [-0.39, 0.29) is 19.2 Å². The molecule has 1 fully saturated rings. The van der Waals surface area contributed by atoms with Crippen LogP contribution in [0.2, 0.25) is 0 Å². The molecule has 1 aliphatic rings. The first kappa shape index (κ1) is 26.3. The van der Waals surface area contributed by atoms with Crippen LogP contribution in [0.4, 0.5) is 0 Å². The molecule has 1 aromatic rings. The molecule has 0 radical (unpaired) electrons. The fourth-order valence-electron chi connectivity index (χ4n) is 3.85. The maximum absolute atomic E-state index is 12.4. The van der Waals surface area contributed by atoms with Gasteiger partial charge in [0.05, 0.1) is 30.4 Å². The van der Waals surface area contributed by atoms with Crippen molar-refractivity contribution in [2.75, 3.05) is 33.5 Å². The second-order valence-corrected chi connectivity index (χ2v) is 8.52. The van der Waals surface area contributed by atoms with E-state index in [2.05, 4.69) is 4.98 Å². The van der Waals surface area contributed by atoms with Gasteiger partial charge in [-0.05, 0) is 39.5 Å². The Labute approximate surface area is 187 Å². The van der Waals surface area contributed by atoms with Crippen molar-refractivity contribution in [3.05, 3.63) is 33.1 Å². The van der Waals surface area contributed by atoms with Crippen molar-refractivity contribution in [1.82, 2.24) is 9.55 Å². The predicted octanol–water partition coefficient (Wildman–Crippen LogP) is 1.16. The molecule has 3 atom stereocenters. The number of methoxy groups -OCH3 is 1. The van der Waals surface area contributed by atoms with Gasteiger partial charge in [-0.25, -0.2) is 9.36 Å². The topological polar surface area (TPSA) is 152 Å². The van der Waals surface area contributed by atoms with Gasteiger partial charge in [-0.3, -0.25) is 23.7 Å². The molecule has 0 aromatic carbocycles. The summed E-state index contributed by atoms with van der Waals surface area (Å²) in [6.45, 7) is 4.40. The van der Waals surface area contributed by atoms with E-state index in [9.17, 15) is 18.9 Å². The smallest absolute Gasteiger partial charge is 0.329 e. The summed E-state index contributed by atoms with van der Waals surface area (Å²) in [5.74, 6) is -0.681. The van der Waals surface area contributed by atoms with Gasteiger partial charge in [-0.2, -0.15) is 0 Å². The SMILES string of the molecule is CCOC(=O)C1(CCOCC[C@H]([C@@H](COP=O)OC)[C@@](C)(N)n2ccc(=O)[nH]c2=O)CC1. The Morgan fingerprint density at radius 3 is 2.66 bits per heavy atom. The van der Waals surface area contributed by atoms with Crippen LogP contribution in [0, 0.1) is 11.3 Å².